The van der Waals surface area contributed by atoms with Crippen LogP contribution in [0.4, 0.5) is 18.9 Å². The van der Waals surface area contributed by atoms with Gasteiger partial charge in [0.25, 0.3) is 0 Å². The van der Waals surface area contributed by atoms with E-state index in [1.165, 1.54) is 0 Å². The molecular weight excluding hydrogens is 460 g/mol. The Bertz CT molecular complexity index is 686. The quantitative estimate of drug-likeness (QED) is 0.299. The van der Waals surface area contributed by atoms with Gasteiger partial charge >= 0.3 is 0 Å². The Hall–Kier alpha value is -1.52. The number of nitrogens with zero attached hydrogens (tertiary/aromatic N) is 2. The van der Waals surface area contributed by atoms with Gasteiger partial charge in [-0.3, -0.25) is 9.79 Å². The van der Waals surface area contributed by atoms with Crippen LogP contribution in [-0.4, -0.2) is 43.4 Å². The number of aliphatic imine (C=N–C) groups is 1. The average Bonchev–Trinajstić information content (AvgIpc) is 2.99. The first-order valence-electron chi connectivity index (χ1n) is 8.18. The molecule has 1 fully saturated rings. The fourth-order valence-electron chi connectivity index (χ4n) is 2.80. The third-order valence-corrected chi connectivity index (χ3v) is 4.64. The molecule has 9 heteroatoms. The van der Waals surface area contributed by atoms with Crippen molar-refractivity contribution in [3.05, 3.63) is 29.6 Å². The normalized spacial score (nSPS) is 19.9. The van der Waals surface area contributed by atoms with Crippen LogP contribution in [0.3, 0.4) is 0 Å². The number of amides is 1. The predicted molar refractivity (Wildman–Crippen MR) is 106 cm³/mol. The van der Waals surface area contributed by atoms with Crippen LogP contribution < -0.4 is 10.6 Å². The lowest BCUT2D eigenvalue weighted by Gasteiger charge is -2.25. The second-order valence-corrected chi connectivity index (χ2v) is 6.51. The number of hydrogen-bond donors (Lipinski definition) is 2. The lowest BCUT2D eigenvalue weighted by Crippen LogP contribution is -2.44. The largest absolute Gasteiger partial charge is 0.347 e. The summed E-state index contributed by atoms with van der Waals surface area (Å²) in [5.74, 6) is -4.34. The maximum absolute atomic E-state index is 13.6. The first-order chi connectivity index (χ1) is 11.8. The van der Waals surface area contributed by atoms with E-state index in [2.05, 4.69) is 34.4 Å². The van der Waals surface area contributed by atoms with Gasteiger partial charge in [0.1, 0.15) is 0 Å². The zero-order chi connectivity index (χ0) is 18.6. The highest BCUT2D eigenvalue weighted by Crippen LogP contribution is 2.32. The van der Waals surface area contributed by atoms with E-state index in [-0.39, 0.29) is 35.9 Å². The number of nitrogens with one attached hydrogen (secondary N) is 2. The van der Waals surface area contributed by atoms with Crippen molar-refractivity contribution >= 4 is 41.5 Å². The maximum Gasteiger partial charge on any atom is 0.243 e. The van der Waals surface area contributed by atoms with E-state index in [4.69, 9.17) is 0 Å². The van der Waals surface area contributed by atoms with Crippen molar-refractivity contribution in [2.45, 2.75) is 26.7 Å². The molecule has 146 valence electrons. The molecule has 1 aromatic carbocycles. The van der Waals surface area contributed by atoms with Gasteiger partial charge in [-0.1, -0.05) is 13.8 Å². The van der Waals surface area contributed by atoms with Crippen molar-refractivity contribution in [1.29, 1.82) is 0 Å². The number of halogens is 4. The number of benzene rings is 1. The number of hydrogen-bond acceptors (Lipinski definition) is 2. The summed E-state index contributed by atoms with van der Waals surface area (Å²) in [4.78, 5) is 18.2. The smallest absolute Gasteiger partial charge is 0.243 e. The van der Waals surface area contributed by atoms with E-state index in [1.54, 1.807) is 7.05 Å². The van der Waals surface area contributed by atoms with Crippen molar-refractivity contribution in [3.8, 4) is 0 Å². The van der Waals surface area contributed by atoms with Gasteiger partial charge < -0.3 is 15.5 Å². The molecule has 0 aromatic heterocycles. The number of rotatable bonds is 4. The molecule has 1 unspecified atom stereocenters. The minimum Gasteiger partial charge on any atom is -0.347 e. The molecule has 1 aromatic rings. The Morgan fingerprint density at radius 2 is 2.00 bits per heavy atom. The molecule has 1 aliphatic rings. The second-order valence-electron chi connectivity index (χ2n) is 6.51. The number of anilines is 1. The fraction of sp³-hybridized carbons (Fsp3) is 0.529. The molecule has 1 aliphatic heterocycles. The first-order valence-corrected chi connectivity index (χ1v) is 8.18. The molecule has 1 heterocycles. The van der Waals surface area contributed by atoms with E-state index in [0.29, 0.717) is 5.96 Å². The first kappa shape index (κ1) is 22.5. The van der Waals surface area contributed by atoms with Crippen LogP contribution in [0.15, 0.2) is 17.1 Å². The summed E-state index contributed by atoms with van der Waals surface area (Å²) in [5.41, 5.74) is -0.185. The summed E-state index contributed by atoms with van der Waals surface area (Å²) in [6.07, 6.45) is 2.09. The molecule has 26 heavy (non-hydrogen) atoms. The van der Waals surface area contributed by atoms with Gasteiger partial charge in [-0.25, -0.2) is 13.2 Å². The summed E-state index contributed by atoms with van der Waals surface area (Å²) >= 11 is 0. The van der Waals surface area contributed by atoms with E-state index < -0.39 is 29.0 Å². The van der Waals surface area contributed by atoms with Crippen LogP contribution in [0.5, 0.6) is 0 Å². The van der Waals surface area contributed by atoms with E-state index in [0.717, 1.165) is 38.1 Å². The van der Waals surface area contributed by atoms with Crippen LogP contribution >= 0.6 is 24.0 Å². The van der Waals surface area contributed by atoms with E-state index in [9.17, 15) is 18.0 Å². The van der Waals surface area contributed by atoms with Crippen molar-refractivity contribution in [3.63, 3.8) is 0 Å². The highest BCUT2D eigenvalue weighted by atomic mass is 127. The summed E-state index contributed by atoms with van der Waals surface area (Å²) in [6.45, 7) is 5.86. The van der Waals surface area contributed by atoms with Gasteiger partial charge in [0, 0.05) is 20.1 Å². The molecule has 0 bridgehead atoms. The van der Waals surface area contributed by atoms with Crippen LogP contribution in [0.1, 0.15) is 26.7 Å². The fourth-order valence-corrected chi connectivity index (χ4v) is 2.80. The molecule has 1 saturated heterocycles. The van der Waals surface area contributed by atoms with Gasteiger partial charge in [-0.2, -0.15) is 0 Å². The summed E-state index contributed by atoms with van der Waals surface area (Å²) in [7, 11) is 1.62. The summed E-state index contributed by atoms with van der Waals surface area (Å²) in [6, 6.07) is 1.74. The monoisotopic (exact) mass is 484 g/mol. The van der Waals surface area contributed by atoms with Gasteiger partial charge in [-0.05, 0) is 30.4 Å². The third-order valence-electron chi connectivity index (χ3n) is 4.64. The minimum absolute atomic E-state index is 0. The molecule has 0 saturated carbocycles. The Morgan fingerprint density at radius 3 is 2.58 bits per heavy atom. The van der Waals surface area contributed by atoms with Gasteiger partial charge in [-0.15, -0.1) is 24.0 Å². The Kier molecular flexibility index (Phi) is 8.16. The van der Waals surface area contributed by atoms with Crippen molar-refractivity contribution in [1.82, 2.24) is 10.2 Å². The number of carbonyl (C=O) groups excluding carboxylic acids is 1. The predicted octanol–water partition coefficient (Wildman–Crippen LogP) is 3.36. The average molecular weight is 484 g/mol. The van der Waals surface area contributed by atoms with Crippen LogP contribution in [0.2, 0.25) is 0 Å². The molecule has 0 aliphatic carbocycles. The summed E-state index contributed by atoms with van der Waals surface area (Å²) in [5, 5.41) is 5.13. The van der Waals surface area contributed by atoms with E-state index in [1.807, 2.05) is 0 Å². The highest BCUT2D eigenvalue weighted by Gasteiger charge is 2.33. The molecule has 2 rings (SSSR count). The zero-order valence-corrected chi connectivity index (χ0v) is 17.4. The maximum atomic E-state index is 13.6. The van der Waals surface area contributed by atoms with Crippen molar-refractivity contribution in [2.24, 2.45) is 10.4 Å². The van der Waals surface area contributed by atoms with Crippen molar-refractivity contribution < 1.29 is 18.0 Å². The van der Waals surface area contributed by atoms with Gasteiger partial charge in [0.05, 0.1) is 12.2 Å². The molecule has 2 N–H and O–H groups in total. The second kappa shape index (κ2) is 9.43. The molecule has 1 amide bonds. The SMILES string of the molecule is CCC1(C)CCN(C(=NC)NCC(=O)Nc2ccc(F)c(F)c2F)C1.I. The highest BCUT2D eigenvalue weighted by molar-refractivity contribution is 14.0. The molecule has 5 nitrogen and oxygen atoms in total. The van der Waals surface area contributed by atoms with Crippen LogP contribution in [-0.2, 0) is 4.79 Å². The molecule has 1 atom stereocenters. The zero-order valence-electron chi connectivity index (χ0n) is 15.0. The summed E-state index contributed by atoms with van der Waals surface area (Å²) < 4.78 is 39.7. The number of guanidine groups is 1. The third kappa shape index (κ3) is 5.24. The standard InChI is InChI=1S/C17H23F3N4O.HI/c1-4-17(2)7-8-24(10-17)16(21-3)22-9-13(25)23-12-6-5-11(18)14(19)15(12)20;/h5-6H,4,7-10H2,1-3H3,(H,21,22)(H,23,25);1H. The minimum atomic E-state index is -1.61. The number of carbonyl (C=O) groups is 1. The number of likely N-dealkylation sites (tertiary alicyclic amines) is 1. The van der Waals surface area contributed by atoms with Gasteiger partial charge in [0.15, 0.2) is 23.4 Å². The molecule has 0 spiro atoms. The Morgan fingerprint density at radius 1 is 1.31 bits per heavy atom. The topological polar surface area (TPSA) is 56.7 Å². The lowest BCUT2D eigenvalue weighted by atomic mass is 9.87. The lowest BCUT2D eigenvalue weighted by molar-refractivity contribution is -0.115. The molecular formula is C17H24F3IN4O. The van der Waals surface area contributed by atoms with E-state index >= 15 is 0 Å². The Labute approximate surface area is 168 Å². The van der Waals surface area contributed by atoms with Crippen molar-refractivity contribution in [2.75, 3.05) is 32.0 Å². The molecule has 0 radical (unpaired) electrons. The van der Waals surface area contributed by atoms with Crippen LogP contribution in [0, 0.1) is 22.9 Å². The van der Waals surface area contributed by atoms with Gasteiger partial charge in [0.2, 0.25) is 5.91 Å². The Balaban J connectivity index is 0.00000338. The van der Waals surface area contributed by atoms with Crippen LogP contribution in [0.25, 0.3) is 0 Å².